The van der Waals surface area contributed by atoms with Crippen LogP contribution in [0.1, 0.15) is 303 Å². The smallest absolute Gasteiger partial charge is 0.306 e. The van der Waals surface area contributed by atoms with Crippen molar-refractivity contribution in [2.24, 2.45) is 0 Å². The largest absolute Gasteiger partial charge is 0.462 e. The second-order valence-electron chi connectivity index (χ2n) is 19.5. The lowest BCUT2D eigenvalue weighted by Crippen LogP contribution is -2.30. The van der Waals surface area contributed by atoms with E-state index in [1.807, 2.05) is 0 Å². The molecule has 0 saturated heterocycles. The van der Waals surface area contributed by atoms with Crippen LogP contribution in [0, 0.1) is 0 Å². The molecule has 0 aliphatic heterocycles. The number of hydrogen-bond donors (Lipinski definition) is 0. The van der Waals surface area contributed by atoms with Crippen LogP contribution in [0.15, 0.2) is 48.6 Å². The van der Waals surface area contributed by atoms with Crippen LogP contribution in [0.3, 0.4) is 0 Å². The molecule has 0 N–H and O–H groups in total. The third-order valence-corrected chi connectivity index (χ3v) is 12.8. The lowest BCUT2D eigenvalue weighted by Gasteiger charge is -2.18. The fourth-order valence-corrected chi connectivity index (χ4v) is 8.45. The molecule has 0 aromatic heterocycles. The van der Waals surface area contributed by atoms with Crippen LogP contribution < -0.4 is 0 Å². The van der Waals surface area contributed by atoms with Gasteiger partial charge in [-0.15, -0.1) is 0 Å². The van der Waals surface area contributed by atoms with E-state index in [0.29, 0.717) is 19.3 Å². The van der Waals surface area contributed by atoms with Gasteiger partial charge in [0.25, 0.3) is 0 Å². The van der Waals surface area contributed by atoms with E-state index in [0.717, 1.165) is 89.9 Å². The summed E-state index contributed by atoms with van der Waals surface area (Å²) in [7, 11) is 0. The zero-order chi connectivity index (χ0) is 48.6. The summed E-state index contributed by atoms with van der Waals surface area (Å²) in [5, 5.41) is 0. The number of hydrogen-bond acceptors (Lipinski definition) is 6. The van der Waals surface area contributed by atoms with Crippen LogP contribution in [0.2, 0.25) is 0 Å². The summed E-state index contributed by atoms with van der Waals surface area (Å²) in [6.45, 7) is 6.50. The van der Waals surface area contributed by atoms with Gasteiger partial charge in [-0.2, -0.15) is 0 Å². The molecule has 0 spiro atoms. The van der Waals surface area contributed by atoms with Gasteiger partial charge in [0.05, 0.1) is 0 Å². The average molecular weight is 940 g/mol. The van der Waals surface area contributed by atoms with E-state index in [1.54, 1.807) is 0 Å². The molecule has 0 heterocycles. The van der Waals surface area contributed by atoms with Gasteiger partial charge in [0.15, 0.2) is 6.10 Å². The number of carbonyl (C=O) groups excluding carboxylic acids is 3. The Morgan fingerprint density at radius 2 is 0.582 bits per heavy atom. The first-order valence-corrected chi connectivity index (χ1v) is 29.1. The summed E-state index contributed by atoms with van der Waals surface area (Å²) in [4.78, 5) is 38.0. The van der Waals surface area contributed by atoms with Crippen molar-refractivity contribution in [1.29, 1.82) is 0 Å². The van der Waals surface area contributed by atoms with Gasteiger partial charge < -0.3 is 14.2 Å². The summed E-state index contributed by atoms with van der Waals surface area (Å²) in [6.07, 6.45) is 68.4. The van der Waals surface area contributed by atoms with Crippen molar-refractivity contribution in [2.75, 3.05) is 13.2 Å². The molecule has 0 fully saturated rings. The highest BCUT2D eigenvalue weighted by Gasteiger charge is 2.19. The van der Waals surface area contributed by atoms with Gasteiger partial charge in [0, 0.05) is 19.3 Å². The van der Waals surface area contributed by atoms with Crippen molar-refractivity contribution in [3.63, 3.8) is 0 Å². The molecule has 6 nitrogen and oxygen atoms in total. The third-order valence-electron chi connectivity index (χ3n) is 12.8. The maximum atomic E-state index is 12.8. The third kappa shape index (κ3) is 54.2. The van der Waals surface area contributed by atoms with E-state index in [1.165, 1.54) is 173 Å². The number of rotatable bonds is 53. The van der Waals surface area contributed by atoms with Gasteiger partial charge in [0.2, 0.25) is 0 Å². The number of ether oxygens (including phenoxy) is 3. The van der Waals surface area contributed by atoms with Crippen molar-refractivity contribution in [1.82, 2.24) is 0 Å². The average Bonchev–Trinajstić information content (AvgIpc) is 3.33. The van der Waals surface area contributed by atoms with Gasteiger partial charge in [-0.1, -0.05) is 256 Å². The number of allylic oxidation sites excluding steroid dienone is 8. The molecule has 0 aliphatic carbocycles. The molecule has 1 atom stereocenters. The Morgan fingerprint density at radius 1 is 0.313 bits per heavy atom. The summed E-state index contributed by atoms with van der Waals surface area (Å²) in [5.74, 6) is -0.912. The molecular weight excluding hydrogens is 829 g/mol. The van der Waals surface area contributed by atoms with E-state index < -0.39 is 6.10 Å². The highest BCUT2D eigenvalue weighted by atomic mass is 16.6. The van der Waals surface area contributed by atoms with E-state index in [9.17, 15) is 14.4 Å². The van der Waals surface area contributed by atoms with Crippen molar-refractivity contribution in [3.05, 3.63) is 48.6 Å². The molecule has 0 bridgehead atoms. The summed E-state index contributed by atoms with van der Waals surface area (Å²) in [6, 6.07) is 0. The van der Waals surface area contributed by atoms with Crippen molar-refractivity contribution in [3.8, 4) is 0 Å². The molecule has 0 radical (unpaired) electrons. The Balaban J connectivity index is 4.23. The van der Waals surface area contributed by atoms with Crippen LogP contribution in [0.4, 0.5) is 0 Å². The first kappa shape index (κ1) is 64.4. The SMILES string of the molecule is CC/C=C\C/C=C\C/C=C\CCCCCC(=O)OC(COC(=O)CCCCCCC/C=C\CCCCC)COC(=O)CCCCCCCCCCCCCCCCCCCCCCCCCC. The molecule has 0 rings (SSSR count). The minimum Gasteiger partial charge on any atom is -0.462 e. The molecule has 0 saturated carbocycles. The van der Waals surface area contributed by atoms with Crippen LogP contribution in [-0.4, -0.2) is 37.2 Å². The van der Waals surface area contributed by atoms with Gasteiger partial charge >= 0.3 is 17.9 Å². The molecule has 6 heteroatoms. The van der Waals surface area contributed by atoms with Gasteiger partial charge in [-0.05, 0) is 77.0 Å². The van der Waals surface area contributed by atoms with Crippen LogP contribution in [0.5, 0.6) is 0 Å². The Morgan fingerprint density at radius 3 is 0.970 bits per heavy atom. The van der Waals surface area contributed by atoms with E-state index in [2.05, 4.69) is 69.4 Å². The van der Waals surface area contributed by atoms with Crippen LogP contribution >= 0.6 is 0 Å². The number of esters is 3. The van der Waals surface area contributed by atoms with E-state index in [-0.39, 0.29) is 31.1 Å². The molecule has 0 aliphatic rings. The second kappa shape index (κ2) is 56.0. The van der Waals surface area contributed by atoms with Gasteiger partial charge in [0.1, 0.15) is 13.2 Å². The first-order chi connectivity index (χ1) is 33.0. The number of unbranched alkanes of at least 4 members (excludes halogenated alkanes) is 34. The monoisotopic (exact) mass is 939 g/mol. The minimum atomic E-state index is -0.789. The fourth-order valence-electron chi connectivity index (χ4n) is 8.45. The highest BCUT2D eigenvalue weighted by molar-refractivity contribution is 5.71. The Hall–Kier alpha value is -2.63. The topological polar surface area (TPSA) is 78.9 Å². The quantitative estimate of drug-likeness (QED) is 0.0262. The lowest BCUT2D eigenvalue weighted by molar-refractivity contribution is -0.167. The van der Waals surface area contributed by atoms with Gasteiger partial charge in [-0.25, -0.2) is 0 Å². The normalized spacial score (nSPS) is 12.3. The standard InChI is InChI=1S/C61H110O6/c1-4-7-10-13-16-19-22-25-26-27-28-29-30-31-32-33-34-35-37-39-42-45-48-51-54-60(63)66-57-58(56-65-59(62)53-50-47-44-41-38-24-21-18-15-12-9-6-3)67-61(64)55-52-49-46-43-40-36-23-20-17-14-11-8-5-2/h8,11,17-18,20-21,36,40,58H,4-7,9-10,12-16,19,22-35,37-39,41-57H2,1-3H3/b11-8-,20-17-,21-18-,40-36-. The second-order valence-corrected chi connectivity index (χ2v) is 19.5. The molecule has 67 heavy (non-hydrogen) atoms. The van der Waals surface area contributed by atoms with E-state index >= 15 is 0 Å². The van der Waals surface area contributed by atoms with Crippen LogP contribution in [-0.2, 0) is 28.6 Å². The Labute approximate surface area is 416 Å². The maximum absolute atomic E-state index is 12.8. The molecule has 1 unspecified atom stereocenters. The Bertz CT molecular complexity index is 1170. The zero-order valence-electron chi connectivity index (χ0n) is 44.7. The highest BCUT2D eigenvalue weighted by Crippen LogP contribution is 2.17. The summed E-state index contributed by atoms with van der Waals surface area (Å²) < 4.78 is 16.8. The fraction of sp³-hybridized carbons (Fsp3) is 0.820. The van der Waals surface area contributed by atoms with Crippen molar-refractivity contribution in [2.45, 2.75) is 309 Å². The molecule has 0 amide bonds. The number of carbonyl (C=O) groups is 3. The minimum absolute atomic E-state index is 0.0849. The summed E-state index contributed by atoms with van der Waals surface area (Å²) in [5.41, 5.74) is 0. The predicted octanol–water partition coefficient (Wildman–Crippen LogP) is 19.4. The molecular formula is C61H110O6. The maximum Gasteiger partial charge on any atom is 0.306 e. The van der Waals surface area contributed by atoms with E-state index in [4.69, 9.17) is 14.2 Å². The zero-order valence-corrected chi connectivity index (χ0v) is 44.7. The first-order valence-electron chi connectivity index (χ1n) is 29.1. The van der Waals surface area contributed by atoms with Crippen molar-refractivity contribution >= 4 is 17.9 Å². The molecule has 0 aromatic rings. The predicted molar refractivity (Wildman–Crippen MR) is 289 cm³/mol. The Kier molecular flexibility index (Phi) is 53.8. The molecule has 390 valence electrons. The van der Waals surface area contributed by atoms with Gasteiger partial charge in [-0.3, -0.25) is 14.4 Å². The molecule has 0 aromatic carbocycles. The summed E-state index contributed by atoms with van der Waals surface area (Å²) >= 11 is 0. The van der Waals surface area contributed by atoms with Crippen molar-refractivity contribution < 1.29 is 28.6 Å². The van der Waals surface area contributed by atoms with Crippen LogP contribution in [0.25, 0.3) is 0 Å². The lowest BCUT2D eigenvalue weighted by atomic mass is 10.0.